The number of nitrogens with zero attached hydrogens (tertiary/aromatic N) is 2. The van der Waals surface area contributed by atoms with Crippen molar-refractivity contribution in [3.05, 3.63) is 67.7 Å². The molecule has 5 heteroatoms. The molecule has 1 aromatic carbocycles. The Morgan fingerprint density at radius 1 is 1.20 bits per heavy atom. The van der Waals surface area contributed by atoms with Gasteiger partial charge in [0.15, 0.2) is 0 Å². The van der Waals surface area contributed by atoms with Crippen LogP contribution in [0.5, 0.6) is 0 Å². The second-order valence-corrected chi connectivity index (χ2v) is 4.70. The fourth-order valence-electron chi connectivity index (χ4n) is 2.01. The molecule has 0 spiro atoms. The van der Waals surface area contributed by atoms with E-state index in [0.29, 0.717) is 11.1 Å². The predicted octanol–water partition coefficient (Wildman–Crippen LogP) is 1.46. The maximum atomic E-state index is 12.1. The van der Waals surface area contributed by atoms with E-state index in [2.05, 4.69) is 11.2 Å². The number of benzene rings is 1. The number of rotatable bonds is 3. The fraction of sp³-hybridized carbons (Fsp3) is 0.267. The summed E-state index contributed by atoms with van der Waals surface area (Å²) in [6.07, 6.45) is 0. The number of hydrogen-bond acceptors (Lipinski definition) is 3. The Morgan fingerprint density at radius 2 is 1.85 bits per heavy atom. The van der Waals surface area contributed by atoms with E-state index in [9.17, 15) is 14.9 Å². The summed E-state index contributed by atoms with van der Waals surface area (Å²) in [5.41, 5.74) is 1.09. The Bertz CT molecular complexity index is 766. The van der Waals surface area contributed by atoms with Gasteiger partial charge in [0.2, 0.25) is 0 Å². The van der Waals surface area contributed by atoms with Crippen LogP contribution in [0.1, 0.15) is 22.6 Å². The molecule has 0 saturated carbocycles. The SMILES string of the molecule is Cc1c(C)c(=O)n(CC(C#N)c2ccccc2)[nH]c1=O. The molecule has 1 heterocycles. The van der Waals surface area contributed by atoms with Crippen molar-refractivity contribution in [1.82, 2.24) is 9.78 Å². The molecule has 1 unspecified atom stereocenters. The van der Waals surface area contributed by atoms with Crippen molar-refractivity contribution < 1.29 is 0 Å². The second-order valence-electron chi connectivity index (χ2n) is 4.70. The van der Waals surface area contributed by atoms with Gasteiger partial charge in [-0.05, 0) is 19.4 Å². The number of aromatic nitrogens is 2. The van der Waals surface area contributed by atoms with E-state index in [0.717, 1.165) is 5.56 Å². The van der Waals surface area contributed by atoms with Crippen LogP contribution in [0.4, 0.5) is 0 Å². The van der Waals surface area contributed by atoms with Gasteiger partial charge in [-0.2, -0.15) is 5.26 Å². The third kappa shape index (κ3) is 2.54. The highest BCUT2D eigenvalue weighted by atomic mass is 16.2. The Labute approximate surface area is 116 Å². The van der Waals surface area contributed by atoms with Gasteiger partial charge in [-0.1, -0.05) is 30.3 Å². The molecule has 2 aromatic rings. The van der Waals surface area contributed by atoms with Gasteiger partial charge in [0, 0.05) is 11.1 Å². The number of aromatic amines is 1. The van der Waals surface area contributed by atoms with Crippen LogP contribution >= 0.6 is 0 Å². The van der Waals surface area contributed by atoms with E-state index in [4.69, 9.17) is 0 Å². The molecule has 1 atom stereocenters. The third-order valence-electron chi connectivity index (χ3n) is 3.43. The van der Waals surface area contributed by atoms with Crippen LogP contribution in [-0.4, -0.2) is 9.78 Å². The fourth-order valence-corrected chi connectivity index (χ4v) is 2.01. The highest BCUT2D eigenvalue weighted by Crippen LogP contribution is 2.15. The van der Waals surface area contributed by atoms with Crippen LogP contribution in [0.25, 0.3) is 0 Å². The highest BCUT2D eigenvalue weighted by molar-refractivity contribution is 5.25. The summed E-state index contributed by atoms with van der Waals surface area (Å²) in [5.74, 6) is -0.480. The predicted molar refractivity (Wildman–Crippen MR) is 75.6 cm³/mol. The average Bonchev–Trinajstić information content (AvgIpc) is 2.48. The summed E-state index contributed by atoms with van der Waals surface area (Å²) in [6, 6.07) is 11.4. The number of nitrogens with one attached hydrogen (secondary N) is 1. The molecule has 20 heavy (non-hydrogen) atoms. The van der Waals surface area contributed by atoms with Gasteiger partial charge < -0.3 is 0 Å². The first-order valence-corrected chi connectivity index (χ1v) is 6.29. The molecule has 102 valence electrons. The lowest BCUT2D eigenvalue weighted by Crippen LogP contribution is -2.34. The van der Waals surface area contributed by atoms with Gasteiger partial charge in [-0.3, -0.25) is 14.7 Å². The van der Waals surface area contributed by atoms with Gasteiger partial charge in [0.25, 0.3) is 11.1 Å². The van der Waals surface area contributed by atoms with Crippen molar-refractivity contribution >= 4 is 0 Å². The summed E-state index contributed by atoms with van der Waals surface area (Å²) in [5, 5.41) is 11.8. The van der Waals surface area contributed by atoms with E-state index >= 15 is 0 Å². The Kier molecular flexibility index (Phi) is 3.85. The molecule has 5 nitrogen and oxygen atoms in total. The van der Waals surface area contributed by atoms with E-state index in [-0.39, 0.29) is 17.7 Å². The topological polar surface area (TPSA) is 78.7 Å². The molecule has 0 radical (unpaired) electrons. The minimum atomic E-state index is -0.480. The molecular formula is C15H15N3O2. The summed E-state index contributed by atoms with van der Waals surface area (Å²) in [6.45, 7) is 3.36. The lowest BCUT2D eigenvalue weighted by Gasteiger charge is -2.12. The number of nitriles is 1. The maximum Gasteiger partial charge on any atom is 0.268 e. The minimum absolute atomic E-state index is 0.135. The van der Waals surface area contributed by atoms with Gasteiger partial charge in [-0.25, -0.2) is 4.68 Å². The molecular weight excluding hydrogens is 254 g/mol. The summed E-state index contributed by atoms with van der Waals surface area (Å²) in [4.78, 5) is 23.8. The molecule has 2 rings (SSSR count). The Hall–Kier alpha value is -2.61. The van der Waals surface area contributed by atoms with Gasteiger partial charge >= 0.3 is 0 Å². The van der Waals surface area contributed by atoms with Crippen molar-refractivity contribution in [2.75, 3.05) is 0 Å². The lowest BCUT2D eigenvalue weighted by molar-refractivity contribution is 0.535. The molecule has 0 aliphatic rings. The van der Waals surface area contributed by atoms with Crippen molar-refractivity contribution in [2.24, 2.45) is 0 Å². The zero-order chi connectivity index (χ0) is 14.7. The number of hydrogen-bond donors (Lipinski definition) is 1. The zero-order valence-corrected chi connectivity index (χ0v) is 11.4. The van der Waals surface area contributed by atoms with Crippen molar-refractivity contribution in [1.29, 1.82) is 5.26 Å². The Morgan fingerprint density at radius 3 is 2.45 bits per heavy atom. The van der Waals surface area contributed by atoms with Crippen molar-refractivity contribution in [2.45, 2.75) is 26.3 Å². The van der Waals surface area contributed by atoms with Gasteiger partial charge in [-0.15, -0.1) is 0 Å². The standard InChI is InChI=1S/C15H15N3O2/c1-10-11(2)15(20)18(17-14(10)19)9-13(8-16)12-6-4-3-5-7-12/h3-7,13H,9H2,1-2H3,(H,17,19). The van der Waals surface area contributed by atoms with Crippen molar-refractivity contribution in [3.8, 4) is 6.07 Å². The third-order valence-corrected chi connectivity index (χ3v) is 3.43. The quantitative estimate of drug-likeness (QED) is 0.916. The number of H-pyrrole nitrogens is 1. The molecule has 0 aliphatic carbocycles. The largest absolute Gasteiger partial charge is 0.268 e. The zero-order valence-electron chi connectivity index (χ0n) is 11.4. The molecule has 0 bridgehead atoms. The molecule has 1 N–H and O–H groups in total. The van der Waals surface area contributed by atoms with E-state index in [1.165, 1.54) is 4.68 Å². The molecule has 0 aliphatic heterocycles. The van der Waals surface area contributed by atoms with Gasteiger partial charge in [0.05, 0.1) is 18.5 Å². The van der Waals surface area contributed by atoms with E-state index in [1.807, 2.05) is 30.3 Å². The van der Waals surface area contributed by atoms with Crippen LogP contribution in [0.3, 0.4) is 0 Å². The summed E-state index contributed by atoms with van der Waals surface area (Å²) >= 11 is 0. The maximum absolute atomic E-state index is 12.1. The average molecular weight is 269 g/mol. The van der Waals surface area contributed by atoms with Crippen LogP contribution in [0.2, 0.25) is 0 Å². The summed E-state index contributed by atoms with van der Waals surface area (Å²) in [7, 11) is 0. The first kappa shape index (κ1) is 13.8. The second kappa shape index (κ2) is 5.57. The molecule has 0 amide bonds. The van der Waals surface area contributed by atoms with E-state index < -0.39 is 5.92 Å². The Balaban J connectivity index is 2.42. The van der Waals surface area contributed by atoms with Gasteiger partial charge in [0.1, 0.15) is 0 Å². The van der Waals surface area contributed by atoms with Crippen molar-refractivity contribution in [3.63, 3.8) is 0 Å². The van der Waals surface area contributed by atoms with Crippen LogP contribution in [-0.2, 0) is 6.54 Å². The first-order valence-electron chi connectivity index (χ1n) is 6.29. The van der Waals surface area contributed by atoms with Crippen LogP contribution in [0, 0.1) is 25.2 Å². The lowest BCUT2D eigenvalue weighted by atomic mass is 10.0. The van der Waals surface area contributed by atoms with Crippen LogP contribution < -0.4 is 11.1 Å². The molecule has 1 aromatic heterocycles. The van der Waals surface area contributed by atoms with Crippen LogP contribution in [0.15, 0.2) is 39.9 Å². The highest BCUT2D eigenvalue weighted by Gasteiger charge is 2.14. The van der Waals surface area contributed by atoms with E-state index in [1.54, 1.807) is 13.8 Å². The summed E-state index contributed by atoms with van der Waals surface area (Å²) < 4.78 is 1.21. The molecule has 0 fully saturated rings. The molecule has 0 saturated heterocycles. The monoisotopic (exact) mass is 269 g/mol. The smallest absolute Gasteiger partial charge is 0.268 e. The first-order chi connectivity index (χ1) is 9.54. The minimum Gasteiger partial charge on any atom is -0.268 e. The normalized spacial score (nSPS) is 11.8.